The molecule has 0 heterocycles. The van der Waals surface area contributed by atoms with Crippen LogP contribution >= 0.6 is 15.9 Å². The van der Waals surface area contributed by atoms with Crippen molar-refractivity contribution in [2.45, 2.75) is 13.0 Å². The van der Waals surface area contributed by atoms with Gasteiger partial charge in [-0.05, 0) is 37.3 Å². The van der Waals surface area contributed by atoms with Gasteiger partial charge in [0.15, 0.2) is 0 Å². The van der Waals surface area contributed by atoms with Gasteiger partial charge < -0.3 is 5.32 Å². The maximum absolute atomic E-state index is 13.8. The molecule has 0 saturated heterocycles. The van der Waals surface area contributed by atoms with Crippen molar-refractivity contribution in [2.75, 3.05) is 5.32 Å². The van der Waals surface area contributed by atoms with Gasteiger partial charge in [-0.15, -0.1) is 0 Å². The van der Waals surface area contributed by atoms with E-state index in [1.165, 1.54) is 12.1 Å². The van der Waals surface area contributed by atoms with Crippen LogP contribution < -0.4 is 5.32 Å². The molecule has 0 aliphatic heterocycles. The average Bonchev–Trinajstić information content (AvgIpc) is 2.43. The molecule has 0 aliphatic rings. The summed E-state index contributed by atoms with van der Waals surface area (Å²) in [6.07, 6.45) is 0. The number of halogens is 3. The Bertz CT molecular complexity index is 695. The number of hydrogen-bond acceptors (Lipinski definition) is 3. The SMILES string of the molecule is CC(Nc1ccc(F)cc1[N+](=O)[O-])c1cc(Br)ccc1F. The van der Waals surface area contributed by atoms with Crippen molar-refractivity contribution in [3.63, 3.8) is 0 Å². The molecular weight excluding hydrogens is 346 g/mol. The topological polar surface area (TPSA) is 55.2 Å². The van der Waals surface area contributed by atoms with Crippen LogP contribution in [0.5, 0.6) is 0 Å². The highest BCUT2D eigenvalue weighted by Gasteiger charge is 2.18. The third-order valence-corrected chi connectivity index (χ3v) is 3.45. The zero-order chi connectivity index (χ0) is 15.6. The van der Waals surface area contributed by atoms with Crippen LogP contribution in [-0.4, -0.2) is 4.92 Å². The second-order valence-electron chi connectivity index (χ2n) is 4.45. The third-order valence-electron chi connectivity index (χ3n) is 2.95. The molecule has 2 aromatic carbocycles. The summed E-state index contributed by atoms with van der Waals surface area (Å²) >= 11 is 3.25. The lowest BCUT2D eigenvalue weighted by atomic mass is 10.1. The van der Waals surface area contributed by atoms with Crippen molar-refractivity contribution in [1.82, 2.24) is 0 Å². The summed E-state index contributed by atoms with van der Waals surface area (Å²) in [6, 6.07) is 7.13. The molecule has 2 rings (SSSR count). The molecular formula is C14H11BrF2N2O2. The van der Waals surface area contributed by atoms with Crippen molar-refractivity contribution in [1.29, 1.82) is 0 Å². The van der Waals surface area contributed by atoms with Crippen LogP contribution in [0.25, 0.3) is 0 Å². The monoisotopic (exact) mass is 356 g/mol. The molecule has 0 amide bonds. The minimum atomic E-state index is -0.700. The second kappa shape index (κ2) is 6.17. The van der Waals surface area contributed by atoms with Crippen LogP contribution in [0.3, 0.4) is 0 Å². The quantitative estimate of drug-likeness (QED) is 0.631. The van der Waals surface area contributed by atoms with Crippen molar-refractivity contribution >= 4 is 27.3 Å². The van der Waals surface area contributed by atoms with Crippen LogP contribution in [0.2, 0.25) is 0 Å². The lowest BCUT2D eigenvalue weighted by Crippen LogP contribution is -2.10. The van der Waals surface area contributed by atoms with Crippen LogP contribution in [0.15, 0.2) is 40.9 Å². The van der Waals surface area contributed by atoms with Gasteiger partial charge in [-0.3, -0.25) is 10.1 Å². The van der Waals surface area contributed by atoms with E-state index in [-0.39, 0.29) is 5.69 Å². The van der Waals surface area contributed by atoms with Crippen molar-refractivity contribution in [3.05, 3.63) is 68.2 Å². The molecule has 1 N–H and O–H groups in total. The van der Waals surface area contributed by atoms with Gasteiger partial charge in [0.2, 0.25) is 0 Å². The largest absolute Gasteiger partial charge is 0.373 e. The number of nitrogens with zero attached hydrogens (tertiary/aromatic N) is 1. The van der Waals surface area contributed by atoms with Crippen molar-refractivity contribution in [3.8, 4) is 0 Å². The van der Waals surface area contributed by atoms with E-state index in [9.17, 15) is 18.9 Å². The fourth-order valence-corrected chi connectivity index (χ4v) is 2.31. The van der Waals surface area contributed by atoms with Crippen LogP contribution in [-0.2, 0) is 0 Å². The Hall–Kier alpha value is -2.02. The Balaban J connectivity index is 2.33. The summed E-state index contributed by atoms with van der Waals surface area (Å²) in [5.74, 6) is -1.13. The predicted molar refractivity (Wildman–Crippen MR) is 79.2 cm³/mol. The number of hydrogen-bond donors (Lipinski definition) is 1. The Morgan fingerprint density at radius 3 is 2.62 bits per heavy atom. The molecule has 0 saturated carbocycles. The molecule has 0 spiro atoms. The fourth-order valence-electron chi connectivity index (χ4n) is 1.94. The number of benzene rings is 2. The molecule has 21 heavy (non-hydrogen) atoms. The van der Waals surface area contributed by atoms with Gasteiger partial charge in [0.05, 0.1) is 17.0 Å². The van der Waals surface area contributed by atoms with E-state index in [0.29, 0.717) is 10.0 Å². The molecule has 1 atom stereocenters. The fraction of sp³-hybridized carbons (Fsp3) is 0.143. The standard InChI is InChI=1S/C14H11BrF2N2O2/c1-8(11-6-9(15)2-4-12(11)17)18-13-5-3-10(16)7-14(13)19(20)21/h2-8,18H,1H3. The minimum absolute atomic E-state index is 0.133. The Morgan fingerprint density at radius 1 is 1.24 bits per heavy atom. The summed E-state index contributed by atoms with van der Waals surface area (Å²) in [5, 5.41) is 13.8. The van der Waals surface area contributed by atoms with E-state index in [1.807, 2.05) is 0 Å². The Labute approximate surface area is 128 Å². The van der Waals surface area contributed by atoms with Crippen molar-refractivity contribution in [2.24, 2.45) is 0 Å². The average molecular weight is 357 g/mol. The van der Waals surface area contributed by atoms with Crippen LogP contribution in [0.4, 0.5) is 20.2 Å². The molecule has 4 nitrogen and oxygen atoms in total. The van der Waals surface area contributed by atoms with Gasteiger partial charge in [0, 0.05) is 10.0 Å². The van der Waals surface area contributed by atoms with Crippen molar-refractivity contribution < 1.29 is 13.7 Å². The van der Waals surface area contributed by atoms with Gasteiger partial charge >= 0.3 is 0 Å². The molecule has 7 heteroatoms. The molecule has 0 aliphatic carbocycles. The van der Waals surface area contributed by atoms with E-state index in [1.54, 1.807) is 19.1 Å². The van der Waals surface area contributed by atoms with Crippen LogP contribution in [0.1, 0.15) is 18.5 Å². The highest BCUT2D eigenvalue weighted by molar-refractivity contribution is 9.10. The first kappa shape index (κ1) is 15.4. The molecule has 0 aromatic heterocycles. The number of nitrogens with one attached hydrogen (secondary N) is 1. The summed E-state index contributed by atoms with van der Waals surface area (Å²) in [6.45, 7) is 1.66. The summed E-state index contributed by atoms with van der Waals surface area (Å²) in [7, 11) is 0. The maximum atomic E-state index is 13.8. The van der Waals surface area contributed by atoms with E-state index in [2.05, 4.69) is 21.2 Å². The third kappa shape index (κ3) is 3.55. The second-order valence-corrected chi connectivity index (χ2v) is 5.37. The predicted octanol–water partition coefficient (Wildman–Crippen LogP) is 4.81. The highest BCUT2D eigenvalue weighted by atomic mass is 79.9. The summed E-state index contributed by atoms with van der Waals surface area (Å²) in [4.78, 5) is 10.2. The molecule has 1 unspecified atom stereocenters. The molecule has 0 fully saturated rings. The van der Waals surface area contributed by atoms with E-state index in [0.717, 1.165) is 12.1 Å². The van der Waals surface area contributed by atoms with E-state index in [4.69, 9.17) is 0 Å². The van der Waals surface area contributed by atoms with Gasteiger partial charge in [0.1, 0.15) is 17.3 Å². The lowest BCUT2D eigenvalue weighted by molar-refractivity contribution is -0.384. The van der Waals surface area contributed by atoms with Gasteiger partial charge in [-0.2, -0.15) is 0 Å². The van der Waals surface area contributed by atoms with Crippen LogP contribution in [0, 0.1) is 21.7 Å². The highest BCUT2D eigenvalue weighted by Crippen LogP contribution is 2.30. The first-order valence-corrected chi connectivity index (χ1v) is 6.83. The smallest absolute Gasteiger partial charge is 0.295 e. The molecule has 0 radical (unpaired) electrons. The zero-order valence-corrected chi connectivity index (χ0v) is 12.5. The normalized spacial score (nSPS) is 12.0. The van der Waals surface area contributed by atoms with E-state index < -0.39 is 28.3 Å². The number of anilines is 1. The summed E-state index contributed by atoms with van der Waals surface area (Å²) in [5.41, 5.74) is 0.0912. The van der Waals surface area contributed by atoms with Gasteiger partial charge in [-0.1, -0.05) is 15.9 Å². The zero-order valence-electron chi connectivity index (χ0n) is 10.9. The van der Waals surface area contributed by atoms with Gasteiger partial charge in [0.25, 0.3) is 5.69 Å². The Morgan fingerprint density at radius 2 is 1.95 bits per heavy atom. The Kier molecular flexibility index (Phi) is 4.52. The first-order valence-electron chi connectivity index (χ1n) is 6.04. The molecule has 0 bridgehead atoms. The number of rotatable bonds is 4. The number of nitro benzene ring substituents is 1. The first-order chi connectivity index (χ1) is 9.88. The number of nitro groups is 1. The molecule has 2 aromatic rings. The molecule has 110 valence electrons. The summed E-state index contributed by atoms with van der Waals surface area (Å²) < 4.78 is 27.6. The maximum Gasteiger partial charge on any atom is 0.295 e. The van der Waals surface area contributed by atoms with Gasteiger partial charge in [-0.25, -0.2) is 8.78 Å². The van der Waals surface area contributed by atoms with E-state index >= 15 is 0 Å². The lowest BCUT2D eigenvalue weighted by Gasteiger charge is -2.16. The minimum Gasteiger partial charge on any atom is -0.373 e.